The van der Waals surface area contributed by atoms with E-state index in [1.807, 2.05) is 6.92 Å². The molecule has 4 nitrogen and oxygen atoms in total. The van der Waals surface area contributed by atoms with Gasteiger partial charge in [-0.2, -0.15) is 0 Å². The first-order chi connectivity index (χ1) is 9.04. The van der Waals surface area contributed by atoms with Gasteiger partial charge in [-0.1, -0.05) is 6.92 Å². The van der Waals surface area contributed by atoms with E-state index >= 15 is 0 Å². The lowest BCUT2D eigenvalue weighted by molar-refractivity contribution is -0.136. The van der Waals surface area contributed by atoms with Crippen molar-refractivity contribution in [2.24, 2.45) is 5.92 Å². The van der Waals surface area contributed by atoms with Crippen molar-refractivity contribution in [3.05, 3.63) is 15.6 Å². The van der Waals surface area contributed by atoms with Gasteiger partial charge >= 0.3 is 5.97 Å². The largest absolute Gasteiger partial charge is 0.481 e. The van der Waals surface area contributed by atoms with Gasteiger partial charge in [0, 0.05) is 24.4 Å². The SMILES string of the molecule is Cc1nc(CCN2CCCC(C)C2)sc1CC(=O)O. The minimum Gasteiger partial charge on any atom is -0.481 e. The third-order valence-electron chi connectivity index (χ3n) is 3.63. The molecule has 0 saturated carbocycles. The summed E-state index contributed by atoms with van der Waals surface area (Å²) in [6.07, 6.45) is 3.68. The molecule has 1 fully saturated rings. The molecule has 0 radical (unpaired) electrons. The average molecular weight is 282 g/mol. The van der Waals surface area contributed by atoms with Gasteiger partial charge < -0.3 is 10.0 Å². The third-order valence-corrected chi connectivity index (χ3v) is 4.85. The van der Waals surface area contributed by atoms with E-state index in [2.05, 4.69) is 16.8 Å². The number of thiazole rings is 1. The van der Waals surface area contributed by atoms with Crippen LogP contribution in [-0.4, -0.2) is 40.6 Å². The van der Waals surface area contributed by atoms with Crippen LogP contribution in [0.1, 0.15) is 35.3 Å². The van der Waals surface area contributed by atoms with E-state index in [-0.39, 0.29) is 6.42 Å². The van der Waals surface area contributed by atoms with Gasteiger partial charge in [0.05, 0.1) is 17.1 Å². The second-order valence-corrected chi connectivity index (χ2v) is 6.65. The highest BCUT2D eigenvalue weighted by Crippen LogP contribution is 2.21. The molecule has 19 heavy (non-hydrogen) atoms. The Morgan fingerprint density at radius 3 is 3.05 bits per heavy atom. The molecule has 1 aliphatic rings. The molecule has 1 unspecified atom stereocenters. The maximum atomic E-state index is 10.7. The zero-order chi connectivity index (χ0) is 13.8. The highest BCUT2D eigenvalue weighted by atomic mass is 32.1. The molecule has 106 valence electrons. The summed E-state index contributed by atoms with van der Waals surface area (Å²) >= 11 is 1.56. The van der Waals surface area contributed by atoms with Gasteiger partial charge in [0.15, 0.2) is 0 Å². The number of aromatic nitrogens is 1. The van der Waals surface area contributed by atoms with Crippen LogP contribution >= 0.6 is 11.3 Å². The molecule has 5 heteroatoms. The number of carboxylic acids is 1. The molecule has 1 saturated heterocycles. The van der Waals surface area contributed by atoms with Crippen LogP contribution in [0.5, 0.6) is 0 Å². The van der Waals surface area contributed by atoms with E-state index in [1.165, 1.54) is 25.9 Å². The minimum absolute atomic E-state index is 0.101. The second-order valence-electron chi connectivity index (χ2n) is 5.48. The van der Waals surface area contributed by atoms with Crippen LogP contribution in [0.3, 0.4) is 0 Å². The molecular formula is C14H22N2O2S. The monoisotopic (exact) mass is 282 g/mol. The summed E-state index contributed by atoms with van der Waals surface area (Å²) in [5.74, 6) is 0.0255. The lowest BCUT2D eigenvalue weighted by Gasteiger charge is -2.30. The second kappa shape index (κ2) is 6.48. The first kappa shape index (κ1) is 14.5. The van der Waals surface area contributed by atoms with Crippen LogP contribution in [0.2, 0.25) is 0 Å². The van der Waals surface area contributed by atoms with E-state index in [0.29, 0.717) is 0 Å². The third kappa shape index (κ3) is 4.28. The topological polar surface area (TPSA) is 53.4 Å². The molecule has 1 aromatic heterocycles. The Bertz CT molecular complexity index is 445. The van der Waals surface area contributed by atoms with Crippen LogP contribution in [0.4, 0.5) is 0 Å². The Balaban J connectivity index is 1.87. The highest BCUT2D eigenvalue weighted by molar-refractivity contribution is 7.11. The Labute approximate surface area is 118 Å². The number of nitrogens with zero attached hydrogens (tertiary/aromatic N) is 2. The smallest absolute Gasteiger partial charge is 0.308 e. The molecule has 1 N–H and O–H groups in total. The van der Waals surface area contributed by atoms with Crippen LogP contribution in [-0.2, 0) is 17.6 Å². The van der Waals surface area contributed by atoms with Gasteiger partial charge in [-0.25, -0.2) is 4.98 Å². The molecule has 0 amide bonds. The lowest BCUT2D eigenvalue weighted by Crippen LogP contribution is -2.35. The predicted molar refractivity (Wildman–Crippen MR) is 76.7 cm³/mol. The number of carboxylic acid groups (broad SMARTS) is 1. The van der Waals surface area contributed by atoms with Crippen molar-refractivity contribution < 1.29 is 9.90 Å². The molecule has 1 aromatic rings. The van der Waals surface area contributed by atoms with Crippen molar-refractivity contribution in [1.82, 2.24) is 9.88 Å². The number of hydrogen-bond acceptors (Lipinski definition) is 4. The summed E-state index contributed by atoms with van der Waals surface area (Å²) in [7, 11) is 0. The zero-order valence-corrected chi connectivity index (χ0v) is 12.5. The minimum atomic E-state index is -0.775. The highest BCUT2D eigenvalue weighted by Gasteiger charge is 2.17. The Morgan fingerprint density at radius 2 is 2.37 bits per heavy atom. The summed E-state index contributed by atoms with van der Waals surface area (Å²) in [5.41, 5.74) is 0.884. The molecule has 1 atom stereocenters. The summed E-state index contributed by atoms with van der Waals surface area (Å²) in [5, 5.41) is 9.91. The Kier molecular flexibility index (Phi) is 4.93. The Morgan fingerprint density at radius 1 is 1.58 bits per heavy atom. The summed E-state index contributed by atoms with van der Waals surface area (Å²) in [6.45, 7) is 7.64. The normalized spacial score (nSPS) is 20.6. The lowest BCUT2D eigenvalue weighted by atomic mass is 10.0. The Hall–Kier alpha value is -0.940. The van der Waals surface area contributed by atoms with Gasteiger partial charge in [-0.3, -0.25) is 4.79 Å². The average Bonchev–Trinajstić information content (AvgIpc) is 2.67. The quantitative estimate of drug-likeness (QED) is 0.900. The predicted octanol–water partition coefficient (Wildman–Crippen LogP) is 2.35. The van der Waals surface area contributed by atoms with Gasteiger partial charge in [0.2, 0.25) is 0 Å². The van der Waals surface area contributed by atoms with E-state index in [4.69, 9.17) is 5.11 Å². The summed E-state index contributed by atoms with van der Waals surface area (Å²) in [6, 6.07) is 0. The van der Waals surface area contributed by atoms with Crippen molar-refractivity contribution >= 4 is 17.3 Å². The van der Waals surface area contributed by atoms with Crippen molar-refractivity contribution in [1.29, 1.82) is 0 Å². The number of aryl methyl sites for hydroxylation is 1. The van der Waals surface area contributed by atoms with Gasteiger partial charge in [0.1, 0.15) is 0 Å². The first-order valence-corrected chi connectivity index (χ1v) is 7.75. The van der Waals surface area contributed by atoms with Gasteiger partial charge in [-0.05, 0) is 32.2 Å². The number of carbonyl (C=O) groups is 1. The van der Waals surface area contributed by atoms with Gasteiger partial charge in [-0.15, -0.1) is 11.3 Å². The number of piperidine rings is 1. The fourth-order valence-corrected chi connectivity index (χ4v) is 3.69. The molecule has 2 rings (SSSR count). The summed E-state index contributed by atoms with van der Waals surface area (Å²) < 4.78 is 0. The molecule has 0 bridgehead atoms. The van der Waals surface area contributed by atoms with E-state index in [9.17, 15) is 4.79 Å². The van der Waals surface area contributed by atoms with E-state index in [0.717, 1.165) is 34.5 Å². The van der Waals surface area contributed by atoms with Crippen LogP contribution in [0, 0.1) is 12.8 Å². The van der Waals surface area contributed by atoms with Crippen molar-refractivity contribution in [2.45, 2.75) is 39.5 Å². The molecule has 2 heterocycles. The summed E-state index contributed by atoms with van der Waals surface area (Å²) in [4.78, 5) is 18.6. The molecule has 1 aliphatic heterocycles. The van der Waals surface area contributed by atoms with Crippen LogP contribution < -0.4 is 0 Å². The molecule has 0 aliphatic carbocycles. The maximum Gasteiger partial charge on any atom is 0.308 e. The maximum absolute atomic E-state index is 10.7. The van der Waals surface area contributed by atoms with E-state index in [1.54, 1.807) is 11.3 Å². The number of aliphatic carboxylic acids is 1. The standard InChI is InChI=1S/C14H22N2O2S/c1-10-4-3-6-16(9-10)7-5-13-15-11(2)12(19-13)8-14(17)18/h10H,3-9H2,1-2H3,(H,17,18). The van der Waals surface area contributed by atoms with Crippen molar-refractivity contribution in [2.75, 3.05) is 19.6 Å². The zero-order valence-electron chi connectivity index (χ0n) is 11.7. The van der Waals surface area contributed by atoms with E-state index < -0.39 is 5.97 Å². The van der Waals surface area contributed by atoms with Gasteiger partial charge in [0.25, 0.3) is 0 Å². The molecule has 0 aromatic carbocycles. The first-order valence-electron chi connectivity index (χ1n) is 6.94. The fourth-order valence-electron chi connectivity index (χ4n) is 2.64. The van der Waals surface area contributed by atoms with Crippen LogP contribution in [0.25, 0.3) is 0 Å². The number of rotatable bonds is 5. The number of likely N-dealkylation sites (tertiary alicyclic amines) is 1. The number of hydrogen-bond donors (Lipinski definition) is 1. The van der Waals surface area contributed by atoms with Crippen molar-refractivity contribution in [3.8, 4) is 0 Å². The molecular weight excluding hydrogens is 260 g/mol. The van der Waals surface area contributed by atoms with Crippen LogP contribution in [0.15, 0.2) is 0 Å². The molecule has 0 spiro atoms. The fraction of sp³-hybridized carbons (Fsp3) is 0.714. The van der Waals surface area contributed by atoms with Crippen molar-refractivity contribution in [3.63, 3.8) is 0 Å².